The predicted octanol–water partition coefficient (Wildman–Crippen LogP) is 3.05. The number of esters is 1. The van der Waals surface area contributed by atoms with E-state index < -0.39 is 50.5 Å². The first-order valence-electron chi connectivity index (χ1n) is 13.5. The monoisotopic (exact) mass is 602 g/mol. The van der Waals surface area contributed by atoms with Gasteiger partial charge in [-0.15, -0.1) is 6.42 Å². The summed E-state index contributed by atoms with van der Waals surface area (Å²) in [5, 5.41) is 16.8. The van der Waals surface area contributed by atoms with E-state index in [1.165, 1.54) is 30.0 Å². The van der Waals surface area contributed by atoms with Crippen LogP contribution in [0.25, 0.3) is 11.2 Å². The SMILES string of the molecule is C#C[C@@]1(F)[C@H](O)[C@@H](COP(=O)(N[C@H](C)C(=O)OCC)Oc2ccccc2)O[C@H]1n1cnc2c(NC3CC3)nc(C)nc21. The minimum Gasteiger partial charge on any atom is -0.465 e. The number of para-hydroxylation sites is 1. The summed E-state index contributed by atoms with van der Waals surface area (Å²) < 4.78 is 53.4. The highest BCUT2D eigenvalue weighted by atomic mass is 31.2. The van der Waals surface area contributed by atoms with Crippen molar-refractivity contribution in [3.05, 3.63) is 42.5 Å². The summed E-state index contributed by atoms with van der Waals surface area (Å²) in [6.45, 7) is 4.23. The van der Waals surface area contributed by atoms with Crippen molar-refractivity contribution < 1.29 is 37.4 Å². The molecule has 1 aliphatic carbocycles. The maximum absolute atomic E-state index is 16.3. The fraction of sp³-hybridized carbons (Fsp3) is 0.481. The molecule has 2 aliphatic rings. The largest absolute Gasteiger partial charge is 0.465 e. The van der Waals surface area contributed by atoms with Crippen molar-refractivity contribution in [2.75, 3.05) is 18.5 Å². The fourth-order valence-corrected chi connectivity index (χ4v) is 5.97. The molecule has 0 bridgehead atoms. The van der Waals surface area contributed by atoms with Crippen LogP contribution in [-0.4, -0.2) is 73.8 Å². The topological polar surface area (TPSA) is 159 Å². The summed E-state index contributed by atoms with van der Waals surface area (Å²) in [6, 6.07) is 7.29. The zero-order chi connectivity index (χ0) is 30.1. The van der Waals surface area contributed by atoms with Crippen LogP contribution in [0.15, 0.2) is 36.7 Å². The van der Waals surface area contributed by atoms with Crippen LogP contribution in [0.1, 0.15) is 38.7 Å². The van der Waals surface area contributed by atoms with Gasteiger partial charge in [0.05, 0.1) is 19.5 Å². The van der Waals surface area contributed by atoms with E-state index in [2.05, 4.69) is 25.4 Å². The number of aliphatic hydroxyl groups is 1. The number of aromatic nitrogens is 4. The summed E-state index contributed by atoms with van der Waals surface area (Å²) in [5.74, 6) is 2.41. The van der Waals surface area contributed by atoms with Crippen LogP contribution in [-0.2, 0) is 23.4 Å². The average Bonchev–Trinajstić information content (AvgIpc) is 3.62. The van der Waals surface area contributed by atoms with Crippen molar-refractivity contribution in [1.29, 1.82) is 0 Å². The Kier molecular flexibility index (Phi) is 8.50. The lowest BCUT2D eigenvalue weighted by molar-refractivity contribution is -0.144. The summed E-state index contributed by atoms with van der Waals surface area (Å²) in [4.78, 5) is 25.4. The molecule has 1 aliphatic heterocycles. The van der Waals surface area contributed by atoms with Crippen LogP contribution in [0.5, 0.6) is 5.75 Å². The fourth-order valence-electron chi connectivity index (χ4n) is 4.47. The Morgan fingerprint density at radius 3 is 2.76 bits per heavy atom. The zero-order valence-electron chi connectivity index (χ0n) is 23.3. The molecule has 2 fully saturated rings. The molecular formula is C27H32FN6O7P. The molecule has 3 N–H and O–H groups in total. The van der Waals surface area contributed by atoms with Crippen LogP contribution in [0.4, 0.5) is 10.2 Å². The molecule has 15 heteroatoms. The number of carbonyl (C=O) groups excluding carboxylic acids is 1. The molecule has 6 atom stereocenters. The molecule has 0 spiro atoms. The van der Waals surface area contributed by atoms with E-state index in [1.54, 1.807) is 32.0 Å². The standard InChI is InChI=1S/C27H32FN6O7P/c1-5-27(28)22(35)20(14-39-42(37,33-16(3)25(36)38-6-2)41-19-10-8-7-9-11-19)40-26(27)34-15-29-21-23(32-18-12-13-18)30-17(4)31-24(21)34/h1,7-11,15-16,18,20,22,26,35H,6,12-14H2,2-4H3,(H,33,37)(H,30,31,32)/t16-,20-,22-,26-,27-,42?/m1/s1. The number of aliphatic hydroxyl groups excluding tert-OH is 1. The van der Waals surface area contributed by atoms with Crippen LogP contribution in [0, 0.1) is 19.3 Å². The molecule has 5 rings (SSSR count). The van der Waals surface area contributed by atoms with Gasteiger partial charge in [-0.2, -0.15) is 5.09 Å². The zero-order valence-corrected chi connectivity index (χ0v) is 24.2. The van der Waals surface area contributed by atoms with Gasteiger partial charge in [-0.3, -0.25) is 13.9 Å². The second kappa shape index (κ2) is 11.9. The van der Waals surface area contributed by atoms with Crippen LogP contribution in [0.2, 0.25) is 0 Å². The van der Waals surface area contributed by atoms with Gasteiger partial charge >= 0.3 is 13.7 Å². The molecule has 0 amide bonds. The molecule has 1 saturated heterocycles. The molecule has 42 heavy (non-hydrogen) atoms. The minimum absolute atomic E-state index is 0.106. The summed E-state index contributed by atoms with van der Waals surface area (Å²) >= 11 is 0. The van der Waals surface area contributed by atoms with E-state index in [1.807, 2.05) is 5.92 Å². The van der Waals surface area contributed by atoms with E-state index in [0.29, 0.717) is 17.2 Å². The molecular weight excluding hydrogens is 570 g/mol. The van der Waals surface area contributed by atoms with Gasteiger partial charge in [0.1, 0.15) is 29.8 Å². The average molecular weight is 603 g/mol. The molecule has 13 nitrogen and oxygen atoms in total. The maximum atomic E-state index is 16.3. The number of imidazole rings is 1. The number of nitrogens with zero attached hydrogens (tertiary/aromatic N) is 4. The minimum atomic E-state index is -4.31. The first kappa shape index (κ1) is 29.9. The Bertz CT molecular complexity index is 1530. The van der Waals surface area contributed by atoms with Crippen molar-refractivity contribution in [1.82, 2.24) is 24.6 Å². The molecule has 224 valence electrons. The number of hydrogen-bond donors (Lipinski definition) is 3. The van der Waals surface area contributed by atoms with Crippen LogP contribution in [0.3, 0.4) is 0 Å². The van der Waals surface area contributed by atoms with Gasteiger partial charge in [0.2, 0.25) is 5.67 Å². The second-order valence-electron chi connectivity index (χ2n) is 10.0. The highest BCUT2D eigenvalue weighted by molar-refractivity contribution is 7.52. The summed E-state index contributed by atoms with van der Waals surface area (Å²) in [7, 11) is -4.31. The number of ether oxygens (including phenoxy) is 2. The Balaban J connectivity index is 1.39. The van der Waals surface area contributed by atoms with Crippen LogP contribution >= 0.6 is 7.75 Å². The van der Waals surface area contributed by atoms with Gasteiger partial charge in [0.25, 0.3) is 0 Å². The summed E-state index contributed by atoms with van der Waals surface area (Å²) in [6.07, 6.45) is 4.05. The number of alkyl halides is 1. The lowest BCUT2D eigenvalue weighted by Crippen LogP contribution is -2.42. The van der Waals surface area contributed by atoms with Crippen molar-refractivity contribution in [2.45, 2.75) is 69.8 Å². The number of aryl methyl sites for hydroxylation is 1. The molecule has 3 heterocycles. The van der Waals surface area contributed by atoms with Gasteiger partial charge in [-0.25, -0.2) is 23.9 Å². The smallest absolute Gasteiger partial charge is 0.459 e. The number of rotatable bonds is 12. The Hall–Kier alpha value is -3.60. The van der Waals surface area contributed by atoms with Crippen molar-refractivity contribution in [3.8, 4) is 18.1 Å². The number of benzene rings is 1. The third-order valence-electron chi connectivity index (χ3n) is 6.74. The highest BCUT2D eigenvalue weighted by Crippen LogP contribution is 2.48. The molecule has 2 aromatic heterocycles. The molecule has 0 radical (unpaired) electrons. The second-order valence-corrected chi connectivity index (χ2v) is 11.7. The Morgan fingerprint density at radius 1 is 1.36 bits per heavy atom. The number of halogens is 1. The number of terminal acetylenes is 1. The van der Waals surface area contributed by atoms with E-state index in [0.717, 1.165) is 12.8 Å². The lowest BCUT2D eigenvalue weighted by atomic mass is 9.97. The van der Waals surface area contributed by atoms with Gasteiger partial charge in [-0.05, 0) is 45.7 Å². The number of carbonyl (C=O) groups is 1. The normalized spacial score (nSPS) is 25.9. The summed E-state index contributed by atoms with van der Waals surface area (Å²) in [5.41, 5.74) is -2.09. The molecule has 1 aromatic carbocycles. The number of anilines is 1. The third-order valence-corrected chi connectivity index (χ3v) is 8.38. The van der Waals surface area contributed by atoms with Gasteiger partial charge in [-0.1, -0.05) is 24.1 Å². The molecule has 1 unspecified atom stereocenters. The van der Waals surface area contributed by atoms with E-state index in [4.69, 9.17) is 24.9 Å². The lowest BCUT2D eigenvalue weighted by Gasteiger charge is -2.25. The first-order chi connectivity index (χ1) is 20.1. The van der Waals surface area contributed by atoms with E-state index in [-0.39, 0.29) is 24.0 Å². The van der Waals surface area contributed by atoms with Gasteiger partial charge in [0, 0.05) is 6.04 Å². The molecule has 3 aromatic rings. The number of nitrogens with one attached hydrogen (secondary N) is 2. The van der Waals surface area contributed by atoms with Crippen molar-refractivity contribution in [2.24, 2.45) is 0 Å². The third kappa shape index (κ3) is 6.11. The van der Waals surface area contributed by atoms with E-state index in [9.17, 15) is 14.5 Å². The predicted molar refractivity (Wildman–Crippen MR) is 149 cm³/mol. The maximum Gasteiger partial charge on any atom is 0.459 e. The molecule has 1 saturated carbocycles. The van der Waals surface area contributed by atoms with Crippen molar-refractivity contribution in [3.63, 3.8) is 0 Å². The number of hydrogen-bond acceptors (Lipinski definition) is 11. The van der Waals surface area contributed by atoms with Crippen LogP contribution < -0.4 is 14.9 Å². The van der Waals surface area contributed by atoms with E-state index >= 15 is 4.39 Å². The van der Waals surface area contributed by atoms with Gasteiger partial charge < -0.3 is 24.4 Å². The van der Waals surface area contributed by atoms with Crippen molar-refractivity contribution >= 4 is 30.7 Å². The Morgan fingerprint density at radius 2 is 2.10 bits per heavy atom. The van der Waals surface area contributed by atoms with Gasteiger partial charge in [0.15, 0.2) is 23.2 Å². The number of fused-ring (bicyclic) bond motifs is 1. The first-order valence-corrected chi connectivity index (χ1v) is 15.0. The highest BCUT2D eigenvalue weighted by Gasteiger charge is 2.58. The quantitative estimate of drug-likeness (QED) is 0.158. The Labute approximate surface area is 241 Å².